The van der Waals surface area contributed by atoms with E-state index in [1.807, 2.05) is 29.0 Å². The molecule has 5 rings (SSSR count). The lowest BCUT2D eigenvalue weighted by molar-refractivity contribution is -0.129. The van der Waals surface area contributed by atoms with Gasteiger partial charge < -0.3 is 14.5 Å². The highest BCUT2D eigenvalue weighted by molar-refractivity contribution is 5.94. The molecule has 8 heteroatoms. The number of rotatable bonds is 6. The van der Waals surface area contributed by atoms with E-state index in [9.17, 15) is 9.59 Å². The molecule has 2 aliphatic carbocycles. The van der Waals surface area contributed by atoms with Crippen LogP contribution in [0.3, 0.4) is 0 Å². The van der Waals surface area contributed by atoms with E-state index in [1.165, 1.54) is 12.8 Å². The van der Waals surface area contributed by atoms with Crippen LogP contribution in [0.5, 0.6) is 5.88 Å². The first-order valence-corrected chi connectivity index (χ1v) is 13.2. The van der Waals surface area contributed by atoms with Crippen molar-refractivity contribution in [1.82, 2.24) is 19.7 Å². The van der Waals surface area contributed by atoms with Crippen molar-refractivity contribution >= 4 is 17.6 Å². The van der Waals surface area contributed by atoms with E-state index in [2.05, 4.69) is 14.8 Å². The smallest absolute Gasteiger partial charge is 0.324 e. The molecule has 2 saturated heterocycles. The fraction of sp³-hybridized carbons (Fsp3) is 0.731. The Labute approximate surface area is 203 Å². The van der Waals surface area contributed by atoms with Crippen LogP contribution in [0, 0.1) is 0 Å². The highest BCUT2D eigenvalue weighted by atomic mass is 16.5. The van der Waals surface area contributed by atoms with Crippen molar-refractivity contribution in [2.45, 2.75) is 88.9 Å². The van der Waals surface area contributed by atoms with Crippen molar-refractivity contribution in [3.63, 3.8) is 0 Å². The van der Waals surface area contributed by atoms with Gasteiger partial charge in [-0.2, -0.15) is 0 Å². The second-order valence-electron chi connectivity index (χ2n) is 10.5. The summed E-state index contributed by atoms with van der Waals surface area (Å²) in [5, 5.41) is 0. The van der Waals surface area contributed by atoms with Gasteiger partial charge in [0.2, 0.25) is 11.8 Å². The number of likely N-dealkylation sites (N-methyl/N-ethyl adjacent to an activating group) is 1. The number of urea groups is 1. The molecule has 0 bridgehead atoms. The van der Waals surface area contributed by atoms with E-state index in [1.54, 1.807) is 13.1 Å². The predicted molar refractivity (Wildman–Crippen MR) is 131 cm³/mol. The quantitative estimate of drug-likeness (QED) is 0.638. The summed E-state index contributed by atoms with van der Waals surface area (Å²) in [4.78, 5) is 37.8. The Morgan fingerprint density at radius 2 is 1.74 bits per heavy atom. The normalized spacial score (nSPS) is 28.6. The number of anilines is 1. The minimum atomic E-state index is 0.110. The molecule has 0 spiro atoms. The topological polar surface area (TPSA) is 69.2 Å². The van der Waals surface area contributed by atoms with E-state index in [0.29, 0.717) is 36.7 Å². The third-order valence-electron chi connectivity index (χ3n) is 8.53. The second kappa shape index (κ2) is 10.1. The van der Waals surface area contributed by atoms with Crippen LogP contribution in [0.4, 0.5) is 10.5 Å². The molecule has 2 saturated carbocycles. The zero-order chi connectivity index (χ0) is 23.7. The van der Waals surface area contributed by atoms with Crippen LogP contribution in [0.15, 0.2) is 18.3 Å². The van der Waals surface area contributed by atoms with Gasteiger partial charge in [-0.15, -0.1) is 0 Å². The van der Waals surface area contributed by atoms with Crippen LogP contribution in [-0.2, 0) is 4.79 Å². The monoisotopic (exact) mass is 469 g/mol. The molecule has 1 aromatic rings. The zero-order valence-electron chi connectivity index (χ0n) is 20.7. The third kappa shape index (κ3) is 4.88. The van der Waals surface area contributed by atoms with Crippen LogP contribution in [0.2, 0.25) is 0 Å². The van der Waals surface area contributed by atoms with Gasteiger partial charge in [-0.1, -0.05) is 0 Å². The number of amides is 3. The predicted octanol–water partition coefficient (Wildman–Crippen LogP) is 3.51. The molecule has 3 heterocycles. The Balaban J connectivity index is 1.11. The molecule has 1 atom stereocenters. The van der Waals surface area contributed by atoms with Crippen molar-refractivity contribution in [1.29, 1.82) is 0 Å². The van der Waals surface area contributed by atoms with Crippen LogP contribution in [-0.4, -0.2) is 89.1 Å². The van der Waals surface area contributed by atoms with Crippen molar-refractivity contribution in [2.75, 3.05) is 38.1 Å². The number of hydrogen-bond donors (Lipinski definition) is 0. The summed E-state index contributed by atoms with van der Waals surface area (Å²) in [6, 6.07) is 5.22. The van der Waals surface area contributed by atoms with E-state index in [-0.39, 0.29) is 11.9 Å². The summed E-state index contributed by atoms with van der Waals surface area (Å²) in [6.07, 6.45) is 12.2. The number of carbonyl (C=O) groups excluding carboxylic acids is 2. The molecular formula is C26H39N5O3. The van der Waals surface area contributed by atoms with Gasteiger partial charge in [-0.25, -0.2) is 9.78 Å². The van der Waals surface area contributed by atoms with Gasteiger partial charge in [0.25, 0.3) is 0 Å². The summed E-state index contributed by atoms with van der Waals surface area (Å²) in [5.74, 6) is 0.815. The lowest BCUT2D eigenvalue weighted by atomic mass is 9.89. The maximum atomic E-state index is 13.2. The number of nitrogens with zero attached hydrogens (tertiary/aromatic N) is 5. The van der Waals surface area contributed by atoms with Gasteiger partial charge in [0, 0.05) is 64.3 Å². The number of carbonyl (C=O) groups is 2. The van der Waals surface area contributed by atoms with E-state index in [0.717, 1.165) is 70.3 Å². The molecule has 8 nitrogen and oxygen atoms in total. The van der Waals surface area contributed by atoms with Gasteiger partial charge in [0.15, 0.2) is 0 Å². The maximum Gasteiger partial charge on any atom is 0.324 e. The number of pyridine rings is 1. The summed E-state index contributed by atoms with van der Waals surface area (Å²) in [5.41, 5.74) is 0.859. The molecule has 3 amide bonds. The molecular weight excluding hydrogens is 430 g/mol. The fourth-order valence-electron chi connectivity index (χ4n) is 6.32. The Kier molecular flexibility index (Phi) is 6.95. The molecule has 1 unspecified atom stereocenters. The van der Waals surface area contributed by atoms with Crippen molar-refractivity contribution in [3.05, 3.63) is 18.3 Å². The summed E-state index contributed by atoms with van der Waals surface area (Å²) >= 11 is 0. The first-order chi connectivity index (χ1) is 16.5. The minimum absolute atomic E-state index is 0.110. The highest BCUT2D eigenvalue weighted by Crippen LogP contribution is 2.32. The highest BCUT2D eigenvalue weighted by Gasteiger charge is 2.39. The van der Waals surface area contributed by atoms with E-state index >= 15 is 0 Å². The average molecular weight is 470 g/mol. The van der Waals surface area contributed by atoms with Crippen LogP contribution in [0.25, 0.3) is 0 Å². The van der Waals surface area contributed by atoms with Gasteiger partial charge >= 0.3 is 6.03 Å². The zero-order valence-corrected chi connectivity index (χ0v) is 20.7. The third-order valence-corrected chi connectivity index (χ3v) is 8.53. The number of aromatic nitrogens is 1. The molecule has 4 fully saturated rings. The molecule has 0 N–H and O–H groups in total. The van der Waals surface area contributed by atoms with Crippen molar-refractivity contribution in [2.24, 2.45) is 0 Å². The largest absolute Gasteiger partial charge is 0.474 e. The first kappa shape index (κ1) is 23.4. The number of hydrogen-bond acceptors (Lipinski definition) is 5. The molecule has 0 aromatic carbocycles. The van der Waals surface area contributed by atoms with Gasteiger partial charge in [-0.3, -0.25) is 14.6 Å². The van der Waals surface area contributed by atoms with Crippen molar-refractivity contribution in [3.8, 4) is 5.88 Å². The molecule has 34 heavy (non-hydrogen) atoms. The van der Waals surface area contributed by atoms with Crippen LogP contribution in [0.1, 0.15) is 64.7 Å². The fourth-order valence-corrected chi connectivity index (χ4v) is 6.32. The van der Waals surface area contributed by atoms with Crippen molar-refractivity contribution < 1.29 is 14.3 Å². The molecule has 1 aromatic heterocycles. The summed E-state index contributed by atoms with van der Waals surface area (Å²) in [7, 11) is 1.92. The van der Waals surface area contributed by atoms with Crippen LogP contribution < -0.4 is 9.64 Å². The molecule has 4 aliphatic rings. The summed E-state index contributed by atoms with van der Waals surface area (Å²) < 4.78 is 5.97. The summed E-state index contributed by atoms with van der Waals surface area (Å²) in [6.45, 7) is 5.20. The lowest BCUT2D eigenvalue weighted by Gasteiger charge is -2.38. The lowest BCUT2D eigenvalue weighted by Crippen LogP contribution is -2.46. The molecule has 2 aliphatic heterocycles. The van der Waals surface area contributed by atoms with Gasteiger partial charge in [0.1, 0.15) is 6.10 Å². The molecule has 186 valence electrons. The molecule has 0 radical (unpaired) electrons. The number of likely N-dealkylation sites (tertiary alicyclic amines) is 1. The average Bonchev–Trinajstić information content (AvgIpc) is 3.61. The van der Waals surface area contributed by atoms with E-state index < -0.39 is 0 Å². The maximum absolute atomic E-state index is 13.2. The Bertz CT molecular complexity index is 864. The van der Waals surface area contributed by atoms with Gasteiger partial charge in [0.05, 0.1) is 11.9 Å². The Morgan fingerprint density at radius 1 is 1.00 bits per heavy atom. The standard InChI is InChI=1S/C26H39N5O3/c1-19(32)28(2)23-13-14-29(18-23)20-7-9-21(10-8-20)30-15-16-31(26(30)33)22-11-12-25(27-17-22)34-24-5-3-4-6-24/h11-12,17,20-21,23-24H,3-10,13-16,18H2,1-2H3. The first-order valence-electron chi connectivity index (χ1n) is 13.2. The SMILES string of the molecule is CC(=O)N(C)C1CCN(C2CCC(N3CCN(c4ccc(OC5CCCC5)nc4)C3=O)CC2)C1. The van der Waals surface area contributed by atoms with E-state index in [4.69, 9.17) is 4.74 Å². The van der Waals surface area contributed by atoms with Crippen LogP contribution >= 0.6 is 0 Å². The minimum Gasteiger partial charge on any atom is -0.474 e. The van der Waals surface area contributed by atoms with Gasteiger partial charge in [-0.05, 0) is 63.9 Å². The second-order valence-corrected chi connectivity index (χ2v) is 10.5. The number of ether oxygens (including phenoxy) is 1. The Hall–Kier alpha value is -2.35. The Morgan fingerprint density at radius 3 is 2.41 bits per heavy atom.